The Balaban J connectivity index is 2.07. The first-order chi connectivity index (χ1) is 12.6. The summed E-state index contributed by atoms with van der Waals surface area (Å²) >= 11 is 5.89. The molecule has 0 aliphatic rings. The van der Waals surface area contributed by atoms with Crippen LogP contribution in [-0.2, 0) is 4.74 Å². The second kappa shape index (κ2) is 7.97. The Labute approximate surface area is 156 Å². The summed E-state index contributed by atoms with van der Waals surface area (Å²) < 4.78 is 10.9. The number of hydrogen-bond acceptors (Lipinski definition) is 5. The summed E-state index contributed by atoms with van der Waals surface area (Å²) in [5.74, 6) is 0.0959. The molecule has 0 unspecified atom stereocenters. The van der Waals surface area contributed by atoms with Crippen molar-refractivity contribution in [2.45, 2.75) is 13.8 Å². The van der Waals surface area contributed by atoms with Gasteiger partial charge in [0.05, 0.1) is 18.0 Å². The predicted molar refractivity (Wildman–Crippen MR) is 99.7 cm³/mol. The second-order valence-electron chi connectivity index (χ2n) is 5.46. The number of benzene rings is 2. The average molecular weight is 369 g/mol. The Hall–Kier alpha value is -2.92. The molecule has 0 aliphatic heterocycles. The van der Waals surface area contributed by atoms with E-state index in [2.05, 4.69) is 9.97 Å². The normalized spacial score (nSPS) is 10.4. The first-order valence-electron chi connectivity index (χ1n) is 8.13. The fourth-order valence-corrected chi connectivity index (χ4v) is 2.58. The van der Waals surface area contributed by atoms with Crippen LogP contribution in [0.5, 0.6) is 11.8 Å². The number of carbonyl (C=O) groups is 1. The Kier molecular flexibility index (Phi) is 5.49. The maximum Gasteiger partial charge on any atom is 0.342 e. The Morgan fingerprint density at radius 2 is 1.73 bits per heavy atom. The van der Waals surface area contributed by atoms with Crippen LogP contribution in [0.25, 0.3) is 11.3 Å². The van der Waals surface area contributed by atoms with E-state index in [1.165, 1.54) is 0 Å². The number of ether oxygens (including phenoxy) is 2. The highest BCUT2D eigenvalue weighted by atomic mass is 35.5. The second-order valence-corrected chi connectivity index (χ2v) is 5.89. The standard InChI is InChI=1S/C20H17ClN2O3/c1-3-25-19(24)17-13(2)22-20(26-16-11-9-15(21)10-12-16)23-18(17)14-7-5-4-6-8-14/h4-12H,3H2,1-2H3. The number of hydrogen-bond donors (Lipinski definition) is 0. The van der Waals surface area contributed by atoms with Crippen LogP contribution in [-0.4, -0.2) is 22.5 Å². The van der Waals surface area contributed by atoms with E-state index in [1.54, 1.807) is 38.1 Å². The smallest absolute Gasteiger partial charge is 0.342 e. The summed E-state index contributed by atoms with van der Waals surface area (Å²) in [7, 11) is 0. The van der Waals surface area contributed by atoms with Crippen LogP contribution in [0.2, 0.25) is 5.02 Å². The van der Waals surface area contributed by atoms with E-state index in [1.807, 2.05) is 30.3 Å². The molecular weight excluding hydrogens is 352 g/mol. The molecule has 0 aliphatic carbocycles. The van der Waals surface area contributed by atoms with Crippen molar-refractivity contribution < 1.29 is 14.3 Å². The van der Waals surface area contributed by atoms with Gasteiger partial charge in [0.15, 0.2) is 0 Å². The Bertz CT molecular complexity index is 912. The van der Waals surface area contributed by atoms with Gasteiger partial charge in [0.25, 0.3) is 0 Å². The van der Waals surface area contributed by atoms with Crippen LogP contribution >= 0.6 is 11.6 Å². The highest BCUT2D eigenvalue weighted by molar-refractivity contribution is 6.30. The van der Waals surface area contributed by atoms with Gasteiger partial charge in [-0.15, -0.1) is 0 Å². The average Bonchev–Trinajstić information content (AvgIpc) is 2.64. The molecule has 0 amide bonds. The van der Waals surface area contributed by atoms with Crippen molar-refractivity contribution in [2.24, 2.45) is 0 Å². The molecule has 0 saturated carbocycles. The Morgan fingerprint density at radius 3 is 2.38 bits per heavy atom. The van der Waals surface area contributed by atoms with Crippen LogP contribution in [0.1, 0.15) is 23.0 Å². The van der Waals surface area contributed by atoms with Gasteiger partial charge in [-0.1, -0.05) is 41.9 Å². The lowest BCUT2D eigenvalue weighted by Crippen LogP contribution is -2.12. The van der Waals surface area contributed by atoms with Crippen LogP contribution in [0, 0.1) is 6.92 Å². The lowest BCUT2D eigenvalue weighted by Gasteiger charge is -2.13. The fourth-order valence-electron chi connectivity index (χ4n) is 2.45. The fraction of sp³-hybridized carbons (Fsp3) is 0.150. The molecule has 1 heterocycles. The van der Waals surface area contributed by atoms with Crippen molar-refractivity contribution in [3.8, 4) is 23.0 Å². The van der Waals surface area contributed by atoms with Crippen molar-refractivity contribution in [1.82, 2.24) is 9.97 Å². The number of rotatable bonds is 5. The third-order valence-electron chi connectivity index (χ3n) is 3.62. The van der Waals surface area contributed by atoms with Crippen LogP contribution in [0.3, 0.4) is 0 Å². The lowest BCUT2D eigenvalue weighted by molar-refractivity contribution is 0.0525. The summed E-state index contributed by atoms with van der Waals surface area (Å²) in [5, 5.41) is 0.608. The van der Waals surface area contributed by atoms with Gasteiger partial charge < -0.3 is 9.47 Å². The number of nitrogens with zero attached hydrogens (tertiary/aromatic N) is 2. The number of esters is 1. The lowest BCUT2D eigenvalue weighted by atomic mass is 10.0. The van der Waals surface area contributed by atoms with Gasteiger partial charge in [-0.3, -0.25) is 0 Å². The third kappa shape index (κ3) is 4.00. The van der Waals surface area contributed by atoms with Crippen molar-refractivity contribution in [3.63, 3.8) is 0 Å². The van der Waals surface area contributed by atoms with Crippen LogP contribution in [0.4, 0.5) is 0 Å². The van der Waals surface area contributed by atoms with Gasteiger partial charge >= 0.3 is 12.0 Å². The summed E-state index contributed by atoms with van der Waals surface area (Å²) in [6.45, 7) is 3.76. The molecule has 0 atom stereocenters. The number of halogens is 1. The van der Waals surface area contributed by atoms with E-state index in [0.717, 1.165) is 5.56 Å². The zero-order valence-corrected chi connectivity index (χ0v) is 15.2. The minimum atomic E-state index is -0.457. The van der Waals surface area contributed by atoms with Crippen molar-refractivity contribution in [2.75, 3.05) is 6.61 Å². The topological polar surface area (TPSA) is 61.3 Å². The van der Waals surface area contributed by atoms with Crippen LogP contribution < -0.4 is 4.74 Å². The summed E-state index contributed by atoms with van der Waals surface area (Å²) in [6, 6.07) is 16.4. The molecule has 1 aromatic heterocycles. The van der Waals surface area contributed by atoms with Gasteiger partial charge in [-0.2, -0.15) is 9.97 Å². The molecular formula is C20H17ClN2O3. The van der Waals surface area contributed by atoms with Gasteiger partial charge in [0.1, 0.15) is 11.3 Å². The summed E-state index contributed by atoms with van der Waals surface area (Å²) in [4.78, 5) is 21.2. The molecule has 3 aromatic rings. The van der Waals surface area contributed by atoms with E-state index < -0.39 is 5.97 Å². The molecule has 0 radical (unpaired) electrons. The highest BCUT2D eigenvalue weighted by Gasteiger charge is 2.21. The van der Waals surface area contributed by atoms with E-state index in [0.29, 0.717) is 27.7 Å². The predicted octanol–water partition coefficient (Wildman–Crippen LogP) is 5.07. The number of aryl methyl sites for hydroxylation is 1. The molecule has 5 nitrogen and oxygen atoms in total. The zero-order chi connectivity index (χ0) is 18.5. The monoisotopic (exact) mass is 368 g/mol. The van der Waals surface area contributed by atoms with Gasteiger partial charge in [0.2, 0.25) is 0 Å². The minimum Gasteiger partial charge on any atom is -0.462 e. The largest absolute Gasteiger partial charge is 0.462 e. The maximum absolute atomic E-state index is 12.4. The van der Waals surface area contributed by atoms with E-state index in [9.17, 15) is 4.79 Å². The summed E-state index contributed by atoms with van der Waals surface area (Å²) in [5.41, 5.74) is 2.07. The molecule has 6 heteroatoms. The first kappa shape index (κ1) is 17.9. The quantitative estimate of drug-likeness (QED) is 0.588. The van der Waals surface area contributed by atoms with Crippen LogP contribution in [0.15, 0.2) is 54.6 Å². The SMILES string of the molecule is CCOC(=O)c1c(C)nc(Oc2ccc(Cl)cc2)nc1-c1ccccc1. The highest BCUT2D eigenvalue weighted by Crippen LogP contribution is 2.28. The molecule has 0 spiro atoms. The third-order valence-corrected chi connectivity index (χ3v) is 3.87. The zero-order valence-electron chi connectivity index (χ0n) is 14.4. The molecule has 0 fully saturated rings. The molecule has 0 saturated heterocycles. The Morgan fingerprint density at radius 1 is 1.04 bits per heavy atom. The van der Waals surface area contributed by atoms with E-state index in [-0.39, 0.29) is 12.6 Å². The number of aromatic nitrogens is 2. The molecule has 3 rings (SSSR count). The molecule has 26 heavy (non-hydrogen) atoms. The van der Waals surface area contributed by atoms with Crippen molar-refractivity contribution in [1.29, 1.82) is 0 Å². The minimum absolute atomic E-state index is 0.150. The molecule has 0 N–H and O–H groups in total. The van der Waals surface area contributed by atoms with Gasteiger partial charge in [-0.25, -0.2) is 4.79 Å². The molecule has 132 valence electrons. The van der Waals surface area contributed by atoms with Crippen molar-refractivity contribution in [3.05, 3.63) is 70.9 Å². The first-order valence-corrected chi connectivity index (χ1v) is 8.51. The molecule has 0 bridgehead atoms. The maximum atomic E-state index is 12.4. The van der Waals surface area contributed by atoms with E-state index in [4.69, 9.17) is 21.1 Å². The van der Waals surface area contributed by atoms with Crippen molar-refractivity contribution >= 4 is 17.6 Å². The van der Waals surface area contributed by atoms with Gasteiger partial charge in [0, 0.05) is 10.6 Å². The number of carbonyl (C=O) groups excluding carboxylic acids is 1. The van der Waals surface area contributed by atoms with E-state index >= 15 is 0 Å². The summed E-state index contributed by atoms with van der Waals surface area (Å²) in [6.07, 6.45) is 0. The van der Waals surface area contributed by atoms with Gasteiger partial charge in [-0.05, 0) is 38.1 Å². The molecule has 2 aromatic carbocycles.